The van der Waals surface area contributed by atoms with Crippen molar-refractivity contribution < 1.29 is 9.53 Å². The summed E-state index contributed by atoms with van der Waals surface area (Å²) in [7, 11) is 1.63. The van der Waals surface area contributed by atoms with Gasteiger partial charge in [0.1, 0.15) is 5.75 Å². The van der Waals surface area contributed by atoms with Crippen LogP contribution in [0.4, 0.5) is 5.82 Å². The number of aromatic nitrogens is 3. The zero-order chi connectivity index (χ0) is 24.2. The molecular weight excluding hydrogens is 440 g/mol. The summed E-state index contributed by atoms with van der Waals surface area (Å²) in [6.07, 6.45) is 15.7. The Kier molecular flexibility index (Phi) is 6.63. The fraction of sp³-hybridized carbons (Fsp3) is 0.296. The zero-order valence-electron chi connectivity index (χ0n) is 19.8. The van der Waals surface area contributed by atoms with Gasteiger partial charge in [0.2, 0.25) is 5.91 Å². The quantitative estimate of drug-likeness (QED) is 0.511. The third-order valence-corrected chi connectivity index (χ3v) is 6.54. The molecule has 1 amide bonds. The molecule has 0 radical (unpaired) electrons. The van der Waals surface area contributed by atoms with Crippen molar-refractivity contribution in [1.82, 2.24) is 25.0 Å². The molecule has 3 aromatic rings. The lowest BCUT2D eigenvalue weighted by atomic mass is 9.97. The monoisotopic (exact) mass is 470 g/mol. The molecule has 1 aliphatic carbocycles. The molecule has 1 aromatic carbocycles. The third-order valence-electron chi connectivity index (χ3n) is 6.54. The molecule has 8 heteroatoms. The van der Waals surface area contributed by atoms with E-state index in [1.807, 2.05) is 59.0 Å². The average molecular weight is 471 g/mol. The van der Waals surface area contributed by atoms with Crippen molar-refractivity contribution in [2.75, 3.05) is 25.9 Å². The van der Waals surface area contributed by atoms with Gasteiger partial charge in [0.05, 0.1) is 30.6 Å². The smallest absolute Gasteiger partial charge is 0.231 e. The molecule has 180 valence electrons. The maximum atomic E-state index is 13.0. The maximum Gasteiger partial charge on any atom is 0.231 e. The molecule has 8 nitrogen and oxygen atoms in total. The summed E-state index contributed by atoms with van der Waals surface area (Å²) in [5, 5.41) is 6.48. The number of imidazole rings is 1. The third kappa shape index (κ3) is 4.97. The number of anilines is 1. The SMILES string of the molecule is COc1ccc(CNC(=O)C2C=CC=CC(c3cnc(N)c4nc(C5CCCNC5)cn34)=C2)cc1. The van der Waals surface area contributed by atoms with E-state index in [9.17, 15) is 4.79 Å². The number of methoxy groups -OCH3 is 1. The first-order valence-electron chi connectivity index (χ1n) is 11.9. The van der Waals surface area contributed by atoms with Crippen LogP contribution in [0.2, 0.25) is 0 Å². The van der Waals surface area contributed by atoms with E-state index in [-0.39, 0.29) is 5.91 Å². The van der Waals surface area contributed by atoms with Gasteiger partial charge >= 0.3 is 0 Å². The molecule has 5 rings (SSSR count). The Hall–Kier alpha value is -3.91. The number of hydrogen-bond donors (Lipinski definition) is 3. The normalized spacial score (nSPS) is 19.9. The van der Waals surface area contributed by atoms with Gasteiger partial charge in [-0.15, -0.1) is 0 Å². The molecule has 0 saturated carbocycles. The van der Waals surface area contributed by atoms with Crippen LogP contribution in [0, 0.1) is 5.92 Å². The molecule has 0 spiro atoms. The van der Waals surface area contributed by atoms with Crippen molar-refractivity contribution in [3.05, 3.63) is 84.0 Å². The first-order valence-corrected chi connectivity index (χ1v) is 11.9. The van der Waals surface area contributed by atoms with Crippen molar-refractivity contribution in [1.29, 1.82) is 0 Å². The van der Waals surface area contributed by atoms with E-state index in [1.165, 1.54) is 0 Å². The van der Waals surface area contributed by atoms with E-state index in [1.54, 1.807) is 13.3 Å². The number of ether oxygens (including phenoxy) is 1. The summed E-state index contributed by atoms with van der Waals surface area (Å²) in [5.74, 6) is 1.05. The Morgan fingerprint density at radius 3 is 2.91 bits per heavy atom. The number of allylic oxidation sites excluding steroid dienone is 4. The van der Waals surface area contributed by atoms with E-state index < -0.39 is 5.92 Å². The largest absolute Gasteiger partial charge is 0.497 e. The molecule has 2 atom stereocenters. The highest BCUT2D eigenvalue weighted by atomic mass is 16.5. The van der Waals surface area contributed by atoms with E-state index in [2.05, 4.69) is 21.8 Å². The highest BCUT2D eigenvalue weighted by Gasteiger charge is 2.21. The van der Waals surface area contributed by atoms with Crippen LogP contribution in [0.1, 0.15) is 35.7 Å². The van der Waals surface area contributed by atoms with Crippen LogP contribution in [0.25, 0.3) is 11.2 Å². The number of rotatable bonds is 6. The standard InChI is InChI=1S/C27H30N6O2/c1-35-22-10-8-18(9-11-22)14-31-27(34)20-6-3-2-5-19(13-20)24-16-30-25(28)26-32-23(17-33(24)26)21-7-4-12-29-15-21/h2-3,5-6,8-11,13,16-17,20-21,29H,4,7,12,14-15H2,1H3,(H2,28,30)(H,31,34). The molecule has 2 aromatic heterocycles. The second-order valence-corrected chi connectivity index (χ2v) is 8.89. The highest BCUT2D eigenvalue weighted by molar-refractivity contribution is 5.87. The lowest BCUT2D eigenvalue weighted by Crippen LogP contribution is -2.28. The summed E-state index contributed by atoms with van der Waals surface area (Å²) >= 11 is 0. The predicted molar refractivity (Wildman–Crippen MR) is 137 cm³/mol. The van der Waals surface area contributed by atoms with Crippen molar-refractivity contribution >= 4 is 22.9 Å². The summed E-state index contributed by atoms with van der Waals surface area (Å²) < 4.78 is 7.20. The Labute approximate surface area is 204 Å². The zero-order valence-corrected chi connectivity index (χ0v) is 19.8. The number of nitrogen functional groups attached to an aromatic ring is 1. The van der Waals surface area contributed by atoms with Crippen LogP contribution in [0.3, 0.4) is 0 Å². The fourth-order valence-corrected chi connectivity index (χ4v) is 4.56. The van der Waals surface area contributed by atoms with Crippen LogP contribution in [0.15, 0.2) is 67.0 Å². The van der Waals surface area contributed by atoms with E-state index in [0.717, 1.165) is 54.2 Å². The highest BCUT2D eigenvalue weighted by Crippen LogP contribution is 2.28. The lowest BCUT2D eigenvalue weighted by Gasteiger charge is -2.20. The summed E-state index contributed by atoms with van der Waals surface area (Å²) in [4.78, 5) is 22.3. The van der Waals surface area contributed by atoms with Crippen LogP contribution < -0.4 is 21.1 Å². The first kappa shape index (κ1) is 22.9. The molecule has 2 aliphatic rings. The minimum absolute atomic E-state index is 0.0717. The molecule has 2 unspecified atom stereocenters. The van der Waals surface area contributed by atoms with E-state index >= 15 is 0 Å². The minimum Gasteiger partial charge on any atom is -0.497 e. The Morgan fingerprint density at radius 2 is 2.14 bits per heavy atom. The van der Waals surface area contributed by atoms with Crippen LogP contribution in [-0.4, -0.2) is 40.5 Å². The molecule has 3 heterocycles. The fourth-order valence-electron chi connectivity index (χ4n) is 4.56. The Morgan fingerprint density at radius 1 is 1.29 bits per heavy atom. The van der Waals surface area contributed by atoms with Gasteiger partial charge in [-0.2, -0.15) is 0 Å². The number of carbonyl (C=O) groups is 1. The molecule has 35 heavy (non-hydrogen) atoms. The number of carbonyl (C=O) groups excluding carboxylic acids is 1. The van der Waals surface area contributed by atoms with Crippen LogP contribution in [-0.2, 0) is 11.3 Å². The van der Waals surface area contributed by atoms with Crippen molar-refractivity contribution in [2.24, 2.45) is 5.92 Å². The van der Waals surface area contributed by atoms with Gasteiger partial charge < -0.3 is 21.1 Å². The van der Waals surface area contributed by atoms with Gasteiger partial charge in [-0.3, -0.25) is 9.20 Å². The summed E-state index contributed by atoms with van der Waals surface area (Å²) in [6, 6.07) is 7.66. The first-order chi connectivity index (χ1) is 17.1. The van der Waals surface area contributed by atoms with E-state index in [4.69, 9.17) is 15.5 Å². The number of nitrogens with zero attached hydrogens (tertiary/aromatic N) is 3. The second kappa shape index (κ2) is 10.1. The second-order valence-electron chi connectivity index (χ2n) is 8.89. The number of benzene rings is 1. The van der Waals surface area contributed by atoms with Gasteiger partial charge in [0, 0.05) is 25.2 Å². The lowest BCUT2D eigenvalue weighted by molar-refractivity contribution is -0.122. The molecule has 4 N–H and O–H groups in total. The number of nitrogens with one attached hydrogen (secondary N) is 2. The number of piperidine rings is 1. The molecule has 1 aliphatic heterocycles. The number of fused-ring (bicyclic) bond motifs is 1. The van der Waals surface area contributed by atoms with Gasteiger partial charge in [-0.05, 0) is 42.7 Å². The Balaban J connectivity index is 1.39. The van der Waals surface area contributed by atoms with Gasteiger partial charge in [0.25, 0.3) is 0 Å². The maximum absolute atomic E-state index is 13.0. The number of nitrogens with two attached hydrogens (primary N) is 1. The topological polar surface area (TPSA) is 107 Å². The van der Waals surface area contributed by atoms with Crippen molar-refractivity contribution in [3.8, 4) is 5.75 Å². The van der Waals surface area contributed by atoms with Crippen LogP contribution in [0.5, 0.6) is 5.75 Å². The predicted octanol–water partition coefficient (Wildman–Crippen LogP) is 3.23. The van der Waals surface area contributed by atoms with Crippen LogP contribution >= 0.6 is 0 Å². The van der Waals surface area contributed by atoms with Gasteiger partial charge in [0.15, 0.2) is 11.5 Å². The minimum atomic E-state index is -0.420. The summed E-state index contributed by atoms with van der Waals surface area (Å²) in [6.45, 7) is 2.40. The van der Waals surface area contributed by atoms with Gasteiger partial charge in [-0.1, -0.05) is 42.5 Å². The van der Waals surface area contributed by atoms with Gasteiger partial charge in [-0.25, -0.2) is 9.97 Å². The number of amides is 1. The van der Waals surface area contributed by atoms with Crippen molar-refractivity contribution in [3.63, 3.8) is 0 Å². The number of hydrogen-bond acceptors (Lipinski definition) is 6. The average Bonchev–Trinajstić information content (AvgIpc) is 3.21. The molecule has 1 fully saturated rings. The Bertz CT molecular complexity index is 1300. The van der Waals surface area contributed by atoms with Crippen molar-refractivity contribution in [2.45, 2.75) is 25.3 Å². The summed E-state index contributed by atoms with van der Waals surface area (Å²) in [5.41, 5.74) is 10.6. The molecule has 1 saturated heterocycles. The molecule has 0 bridgehead atoms. The van der Waals surface area contributed by atoms with E-state index in [0.29, 0.717) is 23.9 Å². The molecular formula is C27H30N6O2.